The molecule has 3 aromatic heterocycles. The van der Waals surface area contributed by atoms with Gasteiger partial charge in [-0.25, -0.2) is 14.3 Å². The van der Waals surface area contributed by atoms with Crippen LogP contribution in [0.25, 0.3) is 27.7 Å². The Morgan fingerprint density at radius 1 is 1.31 bits per heavy atom. The number of nitrogens with zero attached hydrogens (tertiary/aromatic N) is 5. The standard InChI is InChI=1S/C25H28ClN5O4/c1-25(2,3)35-24(33)30-6-7-34-19(13-30)12-29-5-4-17-9-18(26)10-20(23(17)29)22-21-8-16(14-32)11-31(21)28-15-27-22/h4-5,8-11,15,19,32H,6-7,12-14H2,1-3H3/t19-/m1/s1. The monoisotopic (exact) mass is 497 g/mol. The molecule has 184 valence electrons. The van der Waals surface area contributed by atoms with Gasteiger partial charge in [0.05, 0.1) is 49.1 Å². The van der Waals surface area contributed by atoms with Crippen molar-refractivity contribution >= 4 is 34.1 Å². The van der Waals surface area contributed by atoms with Gasteiger partial charge in [0, 0.05) is 34.9 Å². The molecule has 0 radical (unpaired) electrons. The molecule has 0 saturated carbocycles. The molecule has 1 aliphatic rings. The van der Waals surface area contributed by atoms with Gasteiger partial charge in [-0.3, -0.25) is 0 Å². The van der Waals surface area contributed by atoms with E-state index in [-0.39, 0.29) is 18.8 Å². The maximum absolute atomic E-state index is 12.6. The molecule has 1 aromatic carbocycles. The fourth-order valence-corrected chi connectivity index (χ4v) is 4.69. The van der Waals surface area contributed by atoms with Gasteiger partial charge in [0.2, 0.25) is 0 Å². The van der Waals surface area contributed by atoms with Gasteiger partial charge in [-0.15, -0.1) is 0 Å². The van der Waals surface area contributed by atoms with E-state index in [9.17, 15) is 9.90 Å². The maximum atomic E-state index is 12.6. The molecular formula is C25H28ClN5O4. The fraction of sp³-hybridized carbons (Fsp3) is 0.400. The Morgan fingerprint density at radius 2 is 2.14 bits per heavy atom. The highest BCUT2D eigenvalue weighted by atomic mass is 35.5. The third-order valence-corrected chi connectivity index (χ3v) is 6.13. The number of morpholine rings is 1. The third kappa shape index (κ3) is 4.84. The van der Waals surface area contributed by atoms with Crippen molar-refractivity contribution in [3.05, 3.63) is 53.6 Å². The molecular weight excluding hydrogens is 470 g/mol. The number of aromatic nitrogens is 4. The van der Waals surface area contributed by atoms with Gasteiger partial charge in [-0.1, -0.05) is 11.6 Å². The van der Waals surface area contributed by atoms with E-state index in [4.69, 9.17) is 21.1 Å². The highest BCUT2D eigenvalue weighted by molar-refractivity contribution is 6.32. The van der Waals surface area contributed by atoms with Crippen molar-refractivity contribution in [1.82, 2.24) is 24.1 Å². The molecule has 0 aliphatic carbocycles. The second-order valence-electron chi connectivity index (χ2n) is 9.72. The largest absolute Gasteiger partial charge is 0.444 e. The Labute approximate surface area is 207 Å². The normalized spacial score (nSPS) is 16.8. The van der Waals surface area contributed by atoms with Crippen molar-refractivity contribution in [3.8, 4) is 11.3 Å². The lowest BCUT2D eigenvalue weighted by atomic mass is 10.1. The lowest BCUT2D eigenvalue weighted by Crippen LogP contribution is -2.48. The van der Waals surface area contributed by atoms with E-state index >= 15 is 0 Å². The molecule has 5 rings (SSSR count). The zero-order valence-corrected chi connectivity index (χ0v) is 20.7. The average molecular weight is 498 g/mol. The van der Waals surface area contributed by atoms with Crippen LogP contribution in [0.3, 0.4) is 0 Å². The van der Waals surface area contributed by atoms with E-state index in [1.54, 1.807) is 15.6 Å². The van der Waals surface area contributed by atoms with Gasteiger partial charge in [-0.2, -0.15) is 5.10 Å². The minimum absolute atomic E-state index is 0.0860. The van der Waals surface area contributed by atoms with E-state index in [2.05, 4.69) is 14.6 Å². The summed E-state index contributed by atoms with van der Waals surface area (Å²) in [6.45, 7) is 7.43. The second-order valence-corrected chi connectivity index (χ2v) is 10.2. The van der Waals surface area contributed by atoms with Crippen LogP contribution in [-0.4, -0.2) is 66.7 Å². The molecule has 0 spiro atoms. The molecule has 10 heteroatoms. The number of ether oxygens (including phenoxy) is 2. The summed E-state index contributed by atoms with van der Waals surface area (Å²) in [4.78, 5) is 18.9. The van der Waals surface area contributed by atoms with Crippen molar-refractivity contribution in [2.75, 3.05) is 19.7 Å². The molecule has 9 nitrogen and oxygen atoms in total. The molecule has 1 saturated heterocycles. The number of hydrogen-bond acceptors (Lipinski definition) is 6. The van der Waals surface area contributed by atoms with Gasteiger partial charge in [0.25, 0.3) is 0 Å². The first-order chi connectivity index (χ1) is 16.7. The Kier molecular flexibility index (Phi) is 6.16. The van der Waals surface area contributed by atoms with E-state index < -0.39 is 5.60 Å². The van der Waals surface area contributed by atoms with Gasteiger partial charge < -0.3 is 24.0 Å². The molecule has 4 aromatic rings. The van der Waals surface area contributed by atoms with Crippen LogP contribution in [0, 0.1) is 0 Å². The van der Waals surface area contributed by atoms with Gasteiger partial charge >= 0.3 is 6.09 Å². The van der Waals surface area contributed by atoms with Crippen LogP contribution < -0.4 is 0 Å². The number of hydrogen-bond donors (Lipinski definition) is 1. The topological polar surface area (TPSA) is 94.1 Å². The number of halogens is 1. The number of rotatable bonds is 4. The summed E-state index contributed by atoms with van der Waals surface area (Å²) in [5, 5.41) is 15.4. The smallest absolute Gasteiger partial charge is 0.410 e. The number of amides is 1. The molecule has 1 amide bonds. The van der Waals surface area contributed by atoms with Crippen molar-refractivity contribution in [1.29, 1.82) is 0 Å². The molecule has 35 heavy (non-hydrogen) atoms. The first-order valence-electron chi connectivity index (χ1n) is 11.5. The summed E-state index contributed by atoms with van der Waals surface area (Å²) in [5.41, 5.74) is 3.50. The molecule has 1 aliphatic heterocycles. The lowest BCUT2D eigenvalue weighted by molar-refractivity contribution is -0.0469. The van der Waals surface area contributed by atoms with Crippen molar-refractivity contribution < 1.29 is 19.4 Å². The van der Waals surface area contributed by atoms with Crippen LogP contribution >= 0.6 is 11.6 Å². The fourth-order valence-electron chi connectivity index (χ4n) is 4.46. The Morgan fingerprint density at radius 3 is 2.91 bits per heavy atom. The molecule has 1 fully saturated rings. The molecule has 0 bridgehead atoms. The summed E-state index contributed by atoms with van der Waals surface area (Å²) in [6, 6.07) is 7.69. The van der Waals surface area contributed by atoms with Gasteiger partial charge in [0.15, 0.2) is 0 Å². The molecule has 0 unspecified atom stereocenters. The summed E-state index contributed by atoms with van der Waals surface area (Å²) in [7, 11) is 0. The first kappa shape index (κ1) is 23.6. The zero-order chi connectivity index (χ0) is 24.7. The third-order valence-electron chi connectivity index (χ3n) is 5.92. The predicted octanol–water partition coefficient (Wildman–Crippen LogP) is 4.13. The average Bonchev–Trinajstić information content (AvgIpc) is 3.41. The number of benzene rings is 1. The molecule has 1 N–H and O–H groups in total. The van der Waals surface area contributed by atoms with Gasteiger partial charge in [0.1, 0.15) is 11.9 Å². The number of carbonyl (C=O) groups is 1. The summed E-state index contributed by atoms with van der Waals surface area (Å²) in [5.74, 6) is 0. The van der Waals surface area contributed by atoms with E-state index in [0.29, 0.717) is 37.0 Å². The SMILES string of the molecule is CC(C)(C)OC(=O)N1CCO[C@H](Cn2ccc3cc(Cl)cc(-c4ncnn5cc(CO)cc45)c32)C1. The van der Waals surface area contributed by atoms with E-state index in [1.165, 1.54) is 6.33 Å². The Balaban J connectivity index is 1.49. The number of aliphatic hydroxyl groups excluding tert-OH is 1. The minimum atomic E-state index is -0.548. The molecule has 1 atom stereocenters. The van der Waals surface area contributed by atoms with Crippen LogP contribution in [0.4, 0.5) is 4.79 Å². The van der Waals surface area contributed by atoms with Crippen molar-refractivity contribution in [3.63, 3.8) is 0 Å². The van der Waals surface area contributed by atoms with Crippen LogP contribution in [-0.2, 0) is 22.6 Å². The quantitative estimate of drug-likeness (QED) is 0.455. The highest BCUT2D eigenvalue weighted by Gasteiger charge is 2.29. The van der Waals surface area contributed by atoms with Gasteiger partial charge in [-0.05, 0) is 50.6 Å². The molecule has 4 heterocycles. The Bertz CT molecular complexity index is 1390. The maximum Gasteiger partial charge on any atom is 0.410 e. The van der Waals surface area contributed by atoms with Crippen LogP contribution in [0.5, 0.6) is 0 Å². The number of carbonyl (C=O) groups excluding carboxylic acids is 1. The Hall–Kier alpha value is -3.14. The summed E-state index contributed by atoms with van der Waals surface area (Å²) < 4.78 is 15.4. The van der Waals surface area contributed by atoms with Crippen LogP contribution in [0.1, 0.15) is 26.3 Å². The van der Waals surface area contributed by atoms with Crippen molar-refractivity contribution in [2.24, 2.45) is 0 Å². The predicted molar refractivity (Wildman–Crippen MR) is 132 cm³/mol. The minimum Gasteiger partial charge on any atom is -0.444 e. The van der Waals surface area contributed by atoms with Crippen LogP contribution in [0.15, 0.2) is 43.0 Å². The van der Waals surface area contributed by atoms with E-state index in [1.807, 2.05) is 51.2 Å². The lowest BCUT2D eigenvalue weighted by Gasteiger charge is -2.34. The summed E-state index contributed by atoms with van der Waals surface area (Å²) >= 11 is 6.48. The second kappa shape index (κ2) is 9.14. The highest BCUT2D eigenvalue weighted by Crippen LogP contribution is 2.34. The van der Waals surface area contributed by atoms with E-state index in [0.717, 1.165) is 27.5 Å². The number of fused-ring (bicyclic) bond motifs is 2. The summed E-state index contributed by atoms with van der Waals surface area (Å²) in [6.07, 6.45) is 4.74. The zero-order valence-electron chi connectivity index (χ0n) is 19.9. The first-order valence-corrected chi connectivity index (χ1v) is 11.9. The van der Waals surface area contributed by atoms with Crippen molar-refractivity contribution in [2.45, 2.75) is 45.6 Å². The van der Waals surface area contributed by atoms with Crippen LogP contribution in [0.2, 0.25) is 5.02 Å². The number of aliphatic hydroxyl groups is 1.